The minimum atomic E-state index is -2.72. The van der Waals surface area contributed by atoms with Crippen molar-refractivity contribution in [1.29, 1.82) is 0 Å². The molecule has 3 N–H and O–H groups in total. The summed E-state index contributed by atoms with van der Waals surface area (Å²) in [7, 11) is -2.72. The first-order chi connectivity index (χ1) is 4.70. The molecule has 0 radical (unpaired) electrons. The monoisotopic (exact) mass is 164 g/mol. The lowest BCUT2D eigenvalue weighted by Gasteiger charge is -2.24. The fourth-order valence-corrected chi connectivity index (χ4v) is 2.82. The van der Waals surface area contributed by atoms with Gasteiger partial charge in [-0.05, 0) is 0 Å². The number of rotatable bonds is 0. The second-order valence-electron chi connectivity index (χ2n) is 2.49. The molecule has 3 atom stereocenters. The van der Waals surface area contributed by atoms with Crippen molar-refractivity contribution in [2.45, 2.75) is 12.2 Å². The van der Waals surface area contributed by atoms with E-state index in [1.54, 1.807) is 0 Å². The van der Waals surface area contributed by atoms with Crippen molar-refractivity contribution in [2.24, 2.45) is 0 Å². The molecule has 2 fully saturated rings. The van der Waals surface area contributed by atoms with Gasteiger partial charge in [0.1, 0.15) is 6.10 Å². The first-order valence-corrected chi connectivity index (χ1v) is 4.79. The molecular formula is C4H9N2O3P. The second-order valence-corrected chi connectivity index (χ2v) is 4.43. The van der Waals surface area contributed by atoms with E-state index < -0.39 is 13.8 Å². The zero-order chi connectivity index (χ0) is 7.19. The van der Waals surface area contributed by atoms with Crippen LogP contribution in [0.4, 0.5) is 0 Å². The third kappa shape index (κ3) is 0.909. The first-order valence-electron chi connectivity index (χ1n) is 3.16. The number of fused-ring (bicyclic) bond motifs is 2. The van der Waals surface area contributed by atoms with Crippen molar-refractivity contribution < 1.29 is 14.2 Å². The molecule has 2 saturated heterocycles. The van der Waals surface area contributed by atoms with E-state index in [1.165, 1.54) is 0 Å². The van der Waals surface area contributed by atoms with Crippen LogP contribution in [0.25, 0.3) is 0 Å². The molecule has 2 aliphatic heterocycles. The molecule has 0 aromatic rings. The molecule has 0 aromatic carbocycles. The van der Waals surface area contributed by atoms with Crippen LogP contribution >= 0.6 is 7.67 Å². The van der Waals surface area contributed by atoms with Crippen LogP contribution in [0.1, 0.15) is 0 Å². The number of hydrogen-bond donors (Lipinski definition) is 3. The predicted molar refractivity (Wildman–Crippen MR) is 34.5 cm³/mol. The number of aliphatic hydroxyl groups excluding tert-OH is 1. The average molecular weight is 164 g/mol. The van der Waals surface area contributed by atoms with E-state index in [2.05, 4.69) is 10.2 Å². The van der Waals surface area contributed by atoms with E-state index in [-0.39, 0.29) is 6.10 Å². The van der Waals surface area contributed by atoms with Gasteiger partial charge in [0.15, 0.2) is 0 Å². The van der Waals surface area contributed by atoms with Crippen molar-refractivity contribution in [3.05, 3.63) is 0 Å². The molecule has 0 saturated carbocycles. The van der Waals surface area contributed by atoms with E-state index in [0.717, 1.165) is 0 Å². The van der Waals surface area contributed by atoms with Crippen LogP contribution in [0, 0.1) is 0 Å². The second kappa shape index (κ2) is 2.03. The summed E-state index contributed by atoms with van der Waals surface area (Å²) in [5.74, 6) is 0. The Hall–Kier alpha value is 0.0700. The Labute approximate surface area is 58.3 Å². The number of aliphatic hydroxyl groups is 1. The fourth-order valence-electron chi connectivity index (χ4n) is 1.12. The minimum Gasteiger partial charge on any atom is -0.389 e. The van der Waals surface area contributed by atoms with E-state index in [0.29, 0.717) is 13.1 Å². The Morgan fingerprint density at radius 1 is 1.50 bits per heavy atom. The van der Waals surface area contributed by atoms with Gasteiger partial charge in [-0.25, -0.2) is 10.2 Å². The Kier molecular flexibility index (Phi) is 1.37. The number of hydrogen-bond acceptors (Lipinski definition) is 3. The fraction of sp³-hybridized carbons (Fsp3) is 1.00. The van der Waals surface area contributed by atoms with E-state index in [1.807, 2.05) is 0 Å². The molecule has 2 heterocycles. The Morgan fingerprint density at radius 3 is 2.90 bits per heavy atom. The van der Waals surface area contributed by atoms with E-state index in [9.17, 15) is 4.57 Å². The summed E-state index contributed by atoms with van der Waals surface area (Å²) < 4.78 is 16.2. The molecule has 0 spiro atoms. The highest BCUT2D eigenvalue weighted by atomic mass is 31.2. The van der Waals surface area contributed by atoms with Crippen LogP contribution in [-0.2, 0) is 9.09 Å². The molecule has 58 valence electrons. The van der Waals surface area contributed by atoms with E-state index in [4.69, 9.17) is 9.63 Å². The first kappa shape index (κ1) is 6.76. The highest BCUT2D eigenvalue weighted by Gasteiger charge is 2.43. The molecule has 3 unspecified atom stereocenters. The highest BCUT2D eigenvalue weighted by molar-refractivity contribution is 7.55. The van der Waals surface area contributed by atoms with Crippen LogP contribution in [0.3, 0.4) is 0 Å². The zero-order valence-electron chi connectivity index (χ0n) is 5.28. The largest absolute Gasteiger partial charge is 0.389 e. The lowest BCUT2D eigenvalue weighted by molar-refractivity contribution is 0.0445. The van der Waals surface area contributed by atoms with Crippen LogP contribution in [-0.4, -0.2) is 30.4 Å². The van der Waals surface area contributed by atoms with Crippen LogP contribution < -0.4 is 10.2 Å². The summed E-state index contributed by atoms with van der Waals surface area (Å²) in [4.78, 5) is 0. The predicted octanol–water partition coefficient (Wildman–Crippen LogP) is -0.953. The van der Waals surface area contributed by atoms with Gasteiger partial charge >= 0.3 is 7.67 Å². The van der Waals surface area contributed by atoms with Crippen LogP contribution in [0.2, 0.25) is 0 Å². The van der Waals surface area contributed by atoms with Crippen molar-refractivity contribution >= 4 is 7.67 Å². The lowest BCUT2D eigenvalue weighted by Crippen LogP contribution is -2.39. The van der Waals surface area contributed by atoms with Crippen LogP contribution in [0.5, 0.6) is 0 Å². The molecule has 2 aliphatic rings. The zero-order valence-corrected chi connectivity index (χ0v) is 6.17. The standard InChI is InChI=1S/C4H9N2O3P/c7-3-1-5-10(8)6-2-4(3)9-10/h3-4,7H,1-2H2,(H2,5,6,8). The molecule has 5 nitrogen and oxygen atoms in total. The van der Waals surface area contributed by atoms with Gasteiger partial charge in [0.25, 0.3) is 0 Å². The van der Waals surface area contributed by atoms with E-state index >= 15 is 0 Å². The summed E-state index contributed by atoms with van der Waals surface area (Å²) in [6.07, 6.45) is -0.816. The molecule has 6 heteroatoms. The van der Waals surface area contributed by atoms with Gasteiger partial charge in [0.05, 0.1) is 6.10 Å². The highest BCUT2D eigenvalue weighted by Crippen LogP contribution is 2.46. The third-order valence-electron chi connectivity index (χ3n) is 1.72. The maximum Gasteiger partial charge on any atom is 0.341 e. The molecule has 2 rings (SSSR count). The summed E-state index contributed by atoms with van der Waals surface area (Å²) >= 11 is 0. The van der Waals surface area contributed by atoms with Gasteiger partial charge < -0.3 is 5.11 Å². The van der Waals surface area contributed by atoms with Gasteiger partial charge in [0, 0.05) is 13.1 Å². The smallest absolute Gasteiger partial charge is 0.341 e. The molecule has 2 bridgehead atoms. The van der Waals surface area contributed by atoms with Crippen LogP contribution in [0.15, 0.2) is 0 Å². The normalized spacial score (nSPS) is 53.3. The molecule has 10 heavy (non-hydrogen) atoms. The molecule has 0 aliphatic carbocycles. The van der Waals surface area contributed by atoms with Gasteiger partial charge in [-0.1, -0.05) is 0 Å². The quantitative estimate of drug-likeness (QED) is 0.402. The number of β-amino-alcohol motifs (C(OH)–C–C–N with tert-alkyl or cyclic N) is 1. The Bertz CT molecular complexity index is 197. The topological polar surface area (TPSA) is 70.6 Å². The molecular weight excluding hydrogens is 155 g/mol. The van der Waals surface area contributed by atoms with Crippen molar-refractivity contribution in [1.82, 2.24) is 10.2 Å². The maximum absolute atomic E-state index is 11.2. The van der Waals surface area contributed by atoms with Gasteiger partial charge in [-0.15, -0.1) is 0 Å². The molecule has 0 aromatic heterocycles. The van der Waals surface area contributed by atoms with Gasteiger partial charge in [-0.3, -0.25) is 9.09 Å². The maximum atomic E-state index is 11.2. The minimum absolute atomic E-state index is 0.285. The SMILES string of the molecule is O=P12NCC(O)C(CN1)O2. The Morgan fingerprint density at radius 2 is 2.20 bits per heavy atom. The average Bonchev–Trinajstić information content (AvgIpc) is 2.23. The summed E-state index contributed by atoms with van der Waals surface area (Å²) in [6.45, 7) is 0.834. The molecule has 0 amide bonds. The Balaban J connectivity index is 2.20. The van der Waals surface area contributed by atoms with Crippen molar-refractivity contribution in [2.75, 3.05) is 13.1 Å². The number of nitrogens with one attached hydrogen (secondary N) is 2. The summed E-state index contributed by atoms with van der Waals surface area (Å²) in [5.41, 5.74) is 0. The van der Waals surface area contributed by atoms with Gasteiger partial charge in [-0.2, -0.15) is 0 Å². The van der Waals surface area contributed by atoms with Crippen molar-refractivity contribution in [3.8, 4) is 0 Å². The lowest BCUT2D eigenvalue weighted by atomic mass is 10.2. The summed E-state index contributed by atoms with van der Waals surface area (Å²) in [6, 6.07) is 0. The van der Waals surface area contributed by atoms with Gasteiger partial charge in [0.2, 0.25) is 0 Å². The third-order valence-corrected chi connectivity index (χ3v) is 3.49. The summed E-state index contributed by atoms with van der Waals surface area (Å²) in [5, 5.41) is 14.5. The van der Waals surface area contributed by atoms with Crippen molar-refractivity contribution in [3.63, 3.8) is 0 Å².